The summed E-state index contributed by atoms with van der Waals surface area (Å²) in [6, 6.07) is 17.0. The number of hydrogen-bond acceptors (Lipinski definition) is 5. The fourth-order valence-corrected chi connectivity index (χ4v) is 5.72. The van der Waals surface area contributed by atoms with Gasteiger partial charge >= 0.3 is 6.18 Å². The number of ketones is 2. The van der Waals surface area contributed by atoms with Gasteiger partial charge in [-0.25, -0.2) is 4.90 Å². The lowest BCUT2D eigenvalue weighted by atomic mass is 9.77. The number of carbonyl (C=O) groups excluding carboxylic acids is 4. The molecule has 0 saturated carbocycles. The minimum atomic E-state index is -4.85. The number of ether oxygens (including phenoxy) is 1. The highest BCUT2D eigenvalue weighted by Gasteiger charge is 2.75. The number of carbonyl (C=O) groups is 4. The Hall–Kier alpha value is -4.18. The molecule has 3 atom stereocenters. The minimum Gasteiger partial charge on any atom is -0.349 e. The maximum Gasteiger partial charge on any atom is 0.418 e. The molecule has 3 aromatic carbocycles. The van der Waals surface area contributed by atoms with E-state index in [1.165, 1.54) is 18.2 Å². The molecular weight excluding hydrogens is 506 g/mol. The Morgan fingerprint density at radius 2 is 1.34 bits per heavy atom. The van der Waals surface area contributed by atoms with Crippen LogP contribution in [0.3, 0.4) is 0 Å². The third-order valence-corrected chi connectivity index (χ3v) is 7.38. The van der Waals surface area contributed by atoms with Crippen molar-refractivity contribution in [3.63, 3.8) is 0 Å². The molecule has 2 saturated heterocycles. The second-order valence-corrected chi connectivity index (χ2v) is 9.42. The second-order valence-electron chi connectivity index (χ2n) is 9.42. The van der Waals surface area contributed by atoms with Crippen molar-refractivity contribution < 1.29 is 41.8 Å². The van der Waals surface area contributed by atoms with Crippen molar-refractivity contribution >= 4 is 29.1 Å². The summed E-state index contributed by atoms with van der Waals surface area (Å²) >= 11 is 0. The summed E-state index contributed by atoms with van der Waals surface area (Å²) < 4.78 is 47.7. The first-order valence-electron chi connectivity index (χ1n) is 11.5. The zero-order valence-electron chi connectivity index (χ0n) is 19.7. The summed E-state index contributed by atoms with van der Waals surface area (Å²) in [7, 11) is 0. The molecule has 0 radical (unpaired) electrons. The molecule has 10 heteroatoms. The predicted molar refractivity (Wildman–Crippen MR) is 126 cm³/mol. The van der Waals surface area contributed by atoms with E-state index in [0.717, 1.165) is 23.8 Å². The average molecular weight is 525 g/mol. The molecule has 2 aliphatic heterocycles. The molecule has 38 heavy (non-hydrogen) atoms. The third-order valence-electron chi connectivity index (χ3n) is 7.38. The zero-order chi connectivity index (χ0) is 26.3. The smallest absolute Gasteiger partial charge is 0.349 e. The molecule has 0 N–H and O–H groups in total. The van der Waals surface area contributed by atoms with Gasteiger partial charge in [0, 0.05) is 11.1 Å². The summed E-state index contributed by atoms with van der Waals surface area (Å²) in [4.78, 5) is 55.6. The van der Waals surface area contributed by atoms with Crippen LogP contribution in [0, 0.1) is 18.8 Å². The van der Waals surface area contributed by atoms with Crippen molar-refractivity contribution in [2.24, 2.45) is 11.8 Å². The average Bonchev–Trinajstić information content (AvgIpc) is 3.44. The van der Waals surface area contributed by atoms with Gasteiger partial charge < -0.3 is 4.74 Å². The lowest BCUT2D eigenvalue weighted by Gasteiger charge is -2.28. The Balaban J connectivity index is 0.00000294. The molecule has 3 aromatic rings. The largest absolute Gasteiger partial charge is 0.418 e. The number of hydrogen-bond donors (Lipinski definition) is 0. The fraction of sp³-hybridized carbons (Fsp3) is 0.214. The van der Waals surface area contributed by atoms with Crippen LogP contribution in [0.2, 0.25) is 0 Å². The molecule has 1 aliphatic carbocycles. The highest BCUT2D eigenvalue weighted by molar-refractivity contribution is 6.37. The lowest BCUT2D eigenvalue weighted by molar-refractivity contribution is -0.137. The summed E-state index contributed by atoms with van der Waals surface area (Å²) in [5.74, 6) is -6.57. The van der Waals surface area contributed by atoms with Gasteiger partial charge in [0.15, 0.2) is 0 Å². The lowest BCUT2D eigenvalue weighted by Crippen LogP contribution is -2.51. The van der Waals surface area contributed by atoms with Crippen LogP contribution in [-0.4, -0.2) is 29.0 Å². The summed E-state index contributed by atoms with van der Waals surface area (Å²) in [6.07, 6.45) is -6.05. The number of aryl methyl sites for hydroxylation is 1. The van der Waals surface area contributed by atoms with Crippen LogP contribution < -0.4 is 4.90 Å². The first kappa shape index (κ1) is 25.5. The van der Waals surface area contributed by atoms with Gasteiger partial charge in [-0.3, -0.25) is 23.9 Å². The molecule has 3 unspecified atom stereocenters. The first-order chi connectivity index (χ1) is 17.6. The quantitative estimate of drug-likeness (QED) is 0.271. The van der Waals surface area contributed by atoms with Gasteiger partial charge in [-0.15, -0.1) is 0 Å². The fourth-order valence-electron chi connectivity index (χ4n) is 5.72. The number of fused-ring (bicyclic) bond motifs is 3. The molecule has 2 amide bonds. The van der Waals surface area contributed by atoms with Gasteiger partial charge in [-0.2, -0.15) is 13.2 Å². The van der Waals surface area contributed by atoms with Crippen LogP contribution in [0.15, 0.2) is 72.8 Å². The van der Waals surface area contributed by atoms with E-state index in [1.807, 2.05) is 6.92 Å². The number of alkyl halides is 3. The number of imide groups is 1. The number of amides is 2. The number of benzene rings is 3. The first-order valence-corrected chi connectivity index (χ1v) is 11.5. The summed E-state index contributed by atoms with van der Waals surface area (Å²) in [6.45, 7) is 1.84. The second kappa shape index (κ2) is 8.42. The van der Waals surface area contributed by atoms with Crippen LogP contribution in [-0.2, 0) is 20.5 Å². The number of anilines is 1. The van der Waals surface area contributed by atoms with E-state index in [0.29, 0.717) is 10.5 Å². The molecule has 1 spiro atoms. The summed E-state index contributed by atoms with van der Waals surface area (Å²) in [5.41, 5.74) is -2.75. The molecule has 0 aromatic heterocycles. The van der Waals surface area contributed by atoms with Gasteiger partial charge in [0.05, 0.1) is 29.2 Å². The number of rotatable bonds is 2. The minimum absolute atomic E-state index is 0. The number of Topliss-reactive ketones (excluding diaryl/α,β-unsaturated/α-hetero) is 2. The Morgan fingerprint density at radius 3 is 1.92 bits per heavy atom. The van der Waals surface area contributed by atoms with Gasteiger partial charge in [-0.1, -0.05) is 66.2 Å². The normalized spacial score (nSPS) is 23.6. The molecule has 194 valence electrons. The van der Waals surface area contributed by atoms with Crippen molar-refractivity contribution in [2.75, 3.05) is 4.90 Å². The van der Waals surface area contributed by atoms with Crippen molar-refractivity contribution in [1.82, 2.24) is 0 Å². The van der Waals surface area contributed by atoms with E-state index in [9.17, 15) is 32.3 Å². The van der Waals surface area contributed by atoms with Crippen LogP contribution in [0.4, 0.5) is 23.6 Å². The molecule has 6 nitrogen and oxygen atoms in total. The summed E-state index contributed by atoms with van der Waals surface area (Å²) in [5, 5.41) is 0. The SMILES string of the molecule is Cc1ccc(C2OC3(C(=O)c4ccccc4C3=O)C3C(=O)N(c4ccccc4C(F)(F)F)C(=O)C23)cc1.F. The Morgan fingerprint density at radius 1 is 0.789 bits per heavy atom. The topological polar surface area (TPSA) is 80.8 Å². The van der Waals surface area contributed by atoms with E-state index in [-0.39, 0.29) is 15.8 Å². The van der Waals surface area contributed by atoms with Crippen LogP contribution in [0.25, 0.3) is 0 Å². The molecule has 2 heterocycles. The van der Waals surface area contributed by atoms with Gasteiger partial charge in [0.1, 0.15) is 0 Å². The van der Waals surface area contributed by atoms with Crippen LogP contribution in [0.5, 0.6) is 0 Å². The highest BCUT2D eigenvalue weighted by atomic mass is 19.4. The monoisotopic (exact) mass is 525 g/mol. The van der Waals surface area contributed by atoms with Gasteiger partial charge in [0.25, 0.3) is 0 Å². The maximum atomic E-state index is 13.9. The molecular formula is C28H19F4NO5. The van der Waals surface area contributed by atoms with E-state index in [2.05, 4.69) is 0 Å². The number of nitrogens with zero attached hydrogens (tertiary/aromatic N) is 1. The van der Waals surface area contributed by atoms with Crippen LogP contribution >= 0.6 is 0 Å². The number of para-hydroxylation sites is 1. The zero-order valence-corrected chi connectivity index (χ0v) is 19.7. The predicted octanol–water partition coefficient (Wildman–Crippen LogP) is 4.86. The number of halogens is 4. The molecule has 0 bridgehead atoms. The highest BCUT2D eigenvalue weighted by Crippen LogP contribution is 2.58. The third kappa shape index (κ3) is 3.22. The van der Waals surface area contributed by atoms with Gasteiger partial charge in [0.2, 0.25) is 29.0 Å². The van der Waals surface area contributed by atoms with E-state index in [4.69, 9.17) is 4.74 Å². The van der Waals surface area contributed by atoms with Crippen molar-refractivity contribution in [2.45, 2.75) is 24.8 Å². The Kier molecular flexibility index (Phi) is 5.64. The van der Waals surface area contributed by atoms with E-state index >= 15 is 0 Å². The molecule has 3 aliphatic rings. The Labute approximate surface area is 213 Å². The van der Waals surface area contributed by atoms with Crippen LogP contribution in [0.1, 0.15) is 43.5 Å². The molecule has 6 rings (SSSR count). The van der Waals surface area contributed by atoms with E-state index < -0.39 is 64.3 Å². The van der Waals surface area contributed by atoms with Crippen molar-refractivity contribution in [1.29, 1.82) is 0 Å². The van der Waals surface area contributed by atoms with Gasteiger partial charge in [-0.05, 0) is 24.6 Å². The standard InChI is InChI=1S/C28H18F3NO5.FH/c1-14-10-12-15(13-11-14)22-20-21(27(37-22)23(33)16-6-2-3-7-17(16)24(27)34)26(36)32(25(20)35)19-9-5-4-8-18(19)28(29,30)31;/h2-13,20-22H,1H3;1H. The molecule has 2 fully saturated rings. The van der Waals surface area contributed by atoms with E-state index in [1.54, 1.807) is 36.4 Å². The Bertz CT molecular complexity index is 1480. The maximum absolute atomic E-state index is 13.9. The van der Waals surface area contributed by atoms with Crippen molar-refractivity contribution in [3.05, 3.63) is 101 Å². The van der Waals surface area contributed by atoms with Crippen molar-refractivity contribution in [3.8, 4) is 0 Å².